The summed E-state index contributed by atoms with van der Waals surface area (Å²) in [4.78, 5) is 0. The van der Waals surface area contributed by atoms with E-state index in [1.165, 1.54) is 25.7 Å². The van der Waals surface area contributed by atoms with Crippen molar-refractivity contribution in [2.24, 2.45) is 5.92 Å². The molecule has 0 aromatic carbocycles. The number of hydrogen-bond acceptors (Lipinski definition) is 3. The number of rotatable bonds is 2. The number of halogens is 1. The molecule has 1 saturated carbocycles. The Kier molecular flexibility index (Phi) is 3.01. The summed E-state index contributed by atoms with van der Waals surface area (Å²) in [5, 5.41) is 11.6. The van der Waals surface area contributed by atoms with E-state index in [2.05, 4.69) is 22.4 Å². The Balaban J connectivity index is 2.20. The summed E-state index contributed by atoms with van der Waals surface area (Å²) in [6.45, 7) is 2.27. The van der Waals surface area contributed by atoms with Gasteiger partial charge in [-0.05, 0) is 29.2 Å². The third-order valence-electron chi connectivity index (χ3n) is 3.06. The van der Waals surface area contributed by atoms with Gasteiger partial charge in [0.1, 0.15) is 0 Å². The number of alkyl halides is 1. The molecule has 4 nitrogen and oxygen atoms in total. The van der Waals surface area contributed by atoms with Crippen LogP contribution in [0.4, 0.5) is 0 Å². The van der Waals surface area contributed by atoms with Crippen LogP contribution in [-0.4, -0.2) is 20.2 Å². The Morgan fingerprint density at radius 2 is 2.21 bits per heavy atom. The molecule has 0 amide bonds. The maximum absolute atomic E-state index is 5.78. The van der Waals surface area contributed by atoms with Crippen LogP contribution in [0.1, 0.15) is 44.5 Å². The van der Waals surface area contributed by atoms with Crippen molar-refractivity contribution in [3.8, 4) is 0 Å². The Hall–Kier alpha value is -0.640. The standard InChI is InChI=1S/C9H15ClN4/c1-7-4-2-3-5-8(7)14-9(6-10)11-12-13-14/h7-8H,2-6H2,1H3. The molecule has 78 valence electrons. The van der Waals surface area contributed by atoms with Gasteiger partial charge in [0.15, 0.2) is 5.82 Å². The molecule has 0 radical (unpaired) electrons. The van der Waals surface area contributed by atoms with E-state index >= 15 is 0 Å². The van der Waals surface area contributed by atoms with Gasteiger partial charge in [0.25, 0.3) is 0 Å². The van der Waals surface area contributed by atoms with Gasteiger partial charge < -0.3 is 0 Å². The largest absolute Gasteiger partial charge is 0.225 e. The fraction of sp³-hybridized carbons (Fsp3) is 0.889. The normalized spacial score (nSPS) is 27.9. The van der Waals surface area contributed by atoms with Crippen molar-refractivity contribution in [3.05, 3.63) is 5.82 Å². The van der Waals surface area contributed by atoms with E-state index in [1.54, 1.807) is 0 Å². The molecule has 0 N–H and O–H groups in total. The third kappa shape index (κ3) is 1.75. The Labute approximate surface area is 88.6 Å². The molecule has 0 aliphatic heterocycles. The van der Waals surface area contributed by atoms with Crippen molar-refractivity contribution in [1.29, 1.82) is 0 Å². The van der Waals surface area contributed by atoms with Crippen molar-refractivity contribution in [2.45, 2.75) is 44.5 Å². The topological polar surface area (TPSA) is 43.6 Å². The molecule has 5 heteroatoms. The van der Waals surface area contributed by atoms with Gasteiger partial charge in [0, 0.05) is 0 Å². The van der Waals surface area contributed by atoms with Crippen molar-refractivity contribution < 1.29 is 0 Å². The molecule has 2 rings (SSSR count). The smallest absolute Gasteiger partial charge is 0.166 e. The van der Waals surface area contributed by atoms with E-state index in [-0.39, 0.29) is 0 Å². The van der Waals surface area contributed by atoms with E-state index < -0.39 is 0 Å². The molecule has 2 unspecified atom stereocenters. The minimum absolute atomic E-state index is 0.399. The number of hydrogen-bond donors (Lipinski definition) is 0. The first kappa shape index (κ1) is 9.90. The highest BCUT2D eigenvalue weighted by molar-refractivity contribution is 6.16. The molecule has 1 heterocycles. The quantitative estimate of drug-likeness (QED) is 0.709. The first-order valence-electron chi connectivity index (χ1n) is 5.15. The van der Waals surface area contributed by atoms with E-state index in [1.807, 2.05) is 4.68 Å². The van der Waals surface area contributed by atoms with Gasteiger partial charge in [-0.3, -0.25) is 0 Å². The van der Waals surface area contributed by atoms with Crippen molar-refractivity contribution >= 4 is 11.6 Å². The van der Waals surface area contributed by atoms with E-state index in [0.29, 0.717) is 17.8 Å². The average molecular weight is 215 g/mol. The summed E-state index contributed by atoms with van der Waals surface area (Å²) in [6, 6.07) is 0.451. The van der Waals surface area contributed by atoms with Crippen LogP contribution in [0, 0.1) is 5.92 Å². The highest BCUT2D eigenvalue weighted by Gasteiger charge is 2.25. The number of nitrogens with zero attached hydrogens (tertiary/aromatic N) is 4. The second-order valence-corrected chi connectivity index (χ2v) is 4.27. The highest BCUT2D eigenvalue weighted by Crippen LogP contribution is 2.33. The zero-order valence-corrected chi connectivity index (χ0v) is 9.11. The lowest BCUT2D eigenvalue weighted by atomic mass is 9.86. The highest BCUT2D eigenvalue weighted by atomic mass is 35.5. The molecular weight excluding hydrogens is 200 g/mol. The van der Waals surface area contributed by atoms with Crippen molar-refractivity contribution in [2.75, 3.05) is 0 Å². The van der Waals surface area contributed by atoms with Crippen LogP contribution in [0.2, 0.25) is 0 Å². The molecule has 2 atom stereocenters. The van der Waals surface area contributed by atoms with E-state index in [0.717, 1.165) is 5.82 Å². The summed E-state index contributed by atoms with van der Waals surface area (Å²) < 4.78 is 1.91. The lowest BCUT2D eigenvalue weighted by molar-refractivity contribution is 0.233. The first-order chi connectivity index (χ1) is 6.83. The second kappa shape index (κ2) is 4.26. The number of tetrazole rings is 1. The maximum Gasteiger partial charge on any atom is 0.166 e. The van der Waals surface area contributed by atoms with Crippen LogP contribution in [0.25, 0.3) is 0 Å². The Morgan fingerprint density at radius 3 is 2.93 bits per heavy atom. The van der Waals surface area contributed by atoms with Crippen molar-refractivity contribution in [1.82, 2.24) is 20.2 Å². The summed E-state index contributed by atoms with van der Waals surface area (Å²) >= 11 is 5.78. The SMILES string of the molecule is CC1CCCCC1n1nnnc1CCl. The van der Waals surface area contributed by atoms with Gasteiger partial charge in [0.2, 0.25) is 0 Å². The molecule has 1 fully saturated rings. The summed E-state index contributed by atoms with van der Waals surface area (Å²) in [6.07, 6.45) is 5.05. The molecule has 14 heavy (non-hydrogen) atoms. The molecule has 1 aromatic rings. The van der Waals surface area contributed by atoms with Crippen LogP contribution in [0.5, 0.6) is 0 Å². The minimum Gasteiger partial charge on any atom is -0.225 e. The summed E-state index contributed by atoms with van der Waals surface area (Å²) in [7, 11) is 0. The summed E-state index contributed by atoms with van der Waals surface area (Å²) in [5.74, 6) is 1.86. The molecule has 1 aliphatic rings. The van der Waals surface area contributed by atoms with Gasteiger partial charge >= 0.3 is 0 Å². The van der Waals surface area contributed by atoms with E-state index in [4.69, 9.17) is 11.6 Å². The van der Waals surface area contributed by atoms with Crippen molar-refractivity contribution in [3.63, 3.8) is 0 Å². The van der Waals surface area contributed by atoms with Gasteiger partial charge in [-0.1, -0.05) is 19.8 Å². The molecule has 0 bridgehead atoms. The molecular formula is C9H15ClN4. The van der Waals surface area contributed by atoms with E-state index in [9.17, 15) is 0 Å². The van der Waals surface area contributed by atoms with Crippen LogP contribution in [0.15, 0.2) is 0 Å². The summed E-state index contributed by atoms with van der Waals surface area (Å²) in [5.41, 5.74) is 0. The van der Waals surface area contributed by atoms with Crippen LogP contribution >= 0.6 is 11.6 Å². The van der Waals surface area contributed by atoms with Crippen LogP contribution in [-0.2, 0) is 5.88 Å². The predicted octanol–water partition coefficient (Wildman–Crippen LogP) is 2.16. The van der Waals surface area contributed by atoms with Crippen LogP contribution < -0.4 is 0 Å². The van der Waals surface area contributed by atoms with Gasteiger partial charge in [0.05, 0.1) is 11.9 Å². The monoisotopic (exact) mass is 214 g/mol. The van der Waals surface area contributed by atoms with Gasteiger partial charge in [-0.2, -0.15) is 0 Å². The average Bonchev–Trinajstić information content (AvgIpc) is 2.66. The lowest BCUT2D eigenvalue weighted by Crippen LogP contribution is -2.23. The Bertz CT molecular complexity index is 299. The van der Waals surface area contributed by atoms with Crippen LogP contribution in [0.3, 0.4) is 0 Å². The van der Waals surface area contributed by atoms with Gasteiger partial charge in [-0.25, -0.2) is 4.68 Å². The van der Waals surface area contributed by atoms with Gasteiger partial charge in [-0.15, -0.1) is 16.7 Å². The number of aromatic nitrogens is 4. The lowest BCUT2D eigenvalue weighted by Gasteiger charge is -2.28. The third-order valence-corrected chi connectivity index (χ3v) is 3.30. The first-order valence-corrected chi connectivity index (χ1v) is 5.69. The minimum atomic E-state index is 0.399. The molecule has 1 aromatic heterocycles. The molecule has 0 spiro atoms. The maximum atomic E-state index is 5.78. The zero-order valence-electron chi connectivity index (χ0n) is 8.36. The second-order valence-electron chi connectivity index (χ2n) is 4.00. The fourth-order valence-electron chi connectivity index (χ4n) is 2.22. The molecule has 0 saturated heterocycles. The zero-order chi connectivity index (χ0) is 9.97. The Morgan fingerprint density at radius 1 is 1.43 bits per heavy atom. The predicted molar refractivity (Wildman–Crippen MR) is 54.0 cm³/mol. The fourth-order valence-corrected chi connectivity index (χ4v) is 2.39. The molecule has 1 aliphatic carbocycles.